The van der Waals surface area contributed by atoms with E-state index in [0.29, 0.717) is 40.9 Å². The Kier molecular flexibility index (Phi) is 6.04. The van der Waals surface area contributed by atoms with Gasteiger partial charge in [-0.15, -0.1) is 11.3 Å². The lowest BCUT2D eigenvalue weighted by atomic mass is 10.1. The standard InChI is InChI=1S/C21H24N2O4S/c1-6-23(12-15-8-10-16(25-4)18(11-15)26-5)21(24)19-14(3)22-20(28-19)17-9-7-13(2)27-17/h7-11H,6,12H2,1-5H3. The Labute approximate surface area is 168 Å². The third-order valence-electron chi connectivity index (χ3n) is 4.43. The molecule has 0 saturated carbocycles. The van der Waals surface area contributed by atoms with Crippen molar-refractivity contribution in [3.05, 3.63) is 52.2 Å². The molecule has 3 rings (SSSR count). The third kappa shape index (κ3) is 4.04. The van der Waals surface area contributed by atoms with E-state index in [1.807, 2.05) is 51.1 Å². The van der Waals surface area contributed by atoms with Gasteiger partial charge < -0.3 is 18.8 Å². The molecule has 3 aromatic rings. The summed E-state index contributed by atoms with van der Waals surface area (Å²) in [6.07, 6.45) is 0. The summed E-state index contributed by atoms with van der Waals surface area (Å²) in [5.74, 6) is 2.78. The Morgan fingerprint density at radius 2 is 1.89 bits per heavy atom. The van der Waals surface area contributed by atoms with Gasteiger partial charge in [-0.3, -0.25) is 4.79 Å². The van der Waals surface area contributed by atoms with Crippen molar-refractivity contribution < 1.29 is 18.7 Å². The van der Waals surface area contributed by atoms with E-state index in [1.54, 1.807) is 19.1 Å². The number of aryl methyl sites for hydroxylation is 2. The molecule has 1 amide bonds. The minimum atomic E-state index is -0.0400. The number of hydrogen-bond donors (Lipinski definition) is 0. The van der Waals surface area contributed by atoms with E-state index in [1.165, 1.54) is 11.3 Å². The number of amides is 1. The summed E-state index contributed by atoms with van der Waals surface area (Å²) in [7, 11) is 3.20. The fourth-order valence-electron chi connectivity index (χ4n) is 2.92. The predicted octanol–water partition coefficient (Wildman–Crippen LogP) is 4.70. The highest BCUT2D eigenvalue weighted by Gasteiger charge is 2.22. The van der Waals surface area contributed by atoms with Crippen molar-refractivity contribution in [3.8, 4) is 22.3 Å². The Balaban J connectivity index is 1.83. The number of hydrogen-bond acceptors (Lipinski definition) is 6. The first-order valence-corrected chi connectivity index (χ1v) is 9.82. The van der Waals surface area contributed by atoms with Crippen LogP contribution in [0, 0.1) is 13.8 Å². The Morgan fingerprint density at radius 3 is 2.50 bits per heavy atom. The molecule has 0 fully saturated rings. The largest absolute Gasteiger partial charge is 0.493 e. The van der Waals surface area contributed by atoms with Crippen molar-refractivity contribution in [3.63, 3.8) is 0 Å². The van der Waals surface area contributed by atoms with Gasteiger partial charge in [-0.2, -0.15) is 0 Å². The fourth-order valence-corrected chi connectivity index (χ4v) is 3.92. The van der Waals surface area contributed by atoms with Crippen LogP contribution in [0.5, 0.6) is 11.5 Å². The van der Waals surface area contributed by atoms with E-state index in [-0.39, 0.29) is 5.91 Å². The van der Waals surface area contributed by atoms with Gasteiger partial charge >= 0.3 is 0 Å². The smallest absolute Gasteiger partial charge is 0.266 e. The van der Waals surface area contributed by atoms with Crippen LogP contribution in [0.15, 0.2) is 34.7 Å². The van der Waals surface area contributed by atoms with E-state index in [2.05, 4.69) is 4.98 Å². The summed E-state index contributed by atoms with van der Waals surface area (Å²) in [5.41, 5.74) is 1.68. The molecule has 2 aromatic heterocycles. The number of thiazole rings is 1. The van der Waals surface area contributed by atoms with Crippen LogP contribution in [0.25, 0.3) is 10.8 Å². The molecule has 0 spiro atoms. The second-order valence-corrected chi connectivity index (χ2v) is 7.35. The zero-order chi connectivity index (χ0) is 20.3. The van der Waals surface area contributed by atoms with Crippen molar-refractivity contribution in [1.82, 2.24) is 9.88 Å². The molecule has 0 aliphatic carbocycles. The molecule has 0 radical (unpaired) electrons. The van der Waals surface area contributed by atoms with Gasteiger partial charge in [-0.25, -0.2) is 4.98 Å². The zero-order valence-electron chi connectivity index (χ0n) is 16.7. The van der Waals surface area contributed by atoms with Gasteiger partial charge in [-0.1, -0.05) is 6.07 Å². The molecule has 28 heavy (non-hydrogen) atoms. The summed E-state index contributed by atoms with van der Waals surface area (Å²) in [4.78, 5) is 20.1. The molecule has 0 saturated heterocycles. The highest BCUT2D eigenvalue weighted by molar-refractivity contribution is 7.17. The van der Waals surface area contributed by atoms with Gasteiger partial charge in [-0.05, 0) is 50.6 Å². The summed E-state index contributed by atoms with van der Waals surface area (Å²) in [6, 6.07) is 9.45. The molecule has 0 aliphatic rings. The van der Waals surface area contributed by atoms with Gasteiger partial charge in [0.15, 0.2) is 22.3 Å². The summed E-state index contributed by atoms with van der Waals surface area (Å²) in [6.45, 7) is 6.76. The van der Waals surface area contributed by atoms with Crippen molar-refractivity contribution >= 4 is 17.2 Å². The Morgan fingerprint density at radius 1 is 1.14 bits per heavy atom. The van der Waals surface area contributed by atoms with Crippen LogP contribution in [0.2, 0.25) is 0 Å². The van der Waals surface area contributed by atoms with Crippen LogP contribution in [0.3, 0.4) is 0 Å². The molecular weight excluding hydrogens is 376 g/mol. The van der Waals surface area contributed by atoms with E-state index in [0.717, 1.165) is 16.3 Å². The predicted molar refractivity (Wildman–Crippen MR) is 109 cm³/mol. The first kappa shape index (κ1) is 19.9. The normalized spacial score (nSPS) is 10.8. The number of methoxy groups -OCH3 is 2. The van der Waals surface area contributed by atoms with Crippen LogP contribution < -0.4 is 9.47 Å². The van der Waals surface area contributed by atoms with Crippen LogP contribution in [-0.4, -0.2) is 36.6 Å². The fraction of sp³-hybridized carbons (Fsp3) is 0.333. The monoisotopic (exact) mass is 400 g/mol. The Hall–Kier alpha value is -2.80. The van der Waals surface area contributed by atoms with Crippen molar-refractivity contribution in [1.29, 1.82) is 0 Å². The number of carbonyl (C=O) groups excluding carboxylic acids is 1. The average Bonchev–Trinajstić information content (AvgIpc) is 3.30. The van der Waals surface area contributed by atoms with Crippen LogP contribution in [0.1, 0.15) is 33.6 Å². The maximum atomic E-state index is 13.1. The van der Waals surface area contributed by atoms with E-state index in [9.17, 15) is 4.79 Å². The lowest BCUT2D eigenvalue weighted by molar-refractivity contribution is 0.0756. The topological polar surface area (TPSA) is 64.8 Å². The molecule has 7 heteroatoms. The highest BCUT2D eigenvalue weighted by atomic mass is 32.1. The molecule has 6 nitrogen and oxygen atoms in total. The van der Waals surface area contributed by atoms with Crippen LogP contribution in [0.4, 0.5) is 0 Å². The maximum absolute atomic E-state index is 13.1. The minimum Gasteiger partial charge on any atom is -0.493 e. The number of furan rings is 1. The lowest BCUT2D eigenvalue weighted by Crippen LogP contribution is -2.30. The van der Waals surface area contributed by atoms with E-state index >= 15 is 0 Å². The van der Waals surface area contributed by atoms with Gasteiger partial charge in [0.2, 0.25) is 0 Å². The van der Waals surface area contributed by atoms with Crippen molar-refractivity contribution in [2.75, 3.05) is 20.8 Å². The molecular formula is C21H24N2O4S. The summed E-state index contributed by atoms with van der Waals surface area (Å²) >= 11 is 1.36. The summed E-state index contributed by atoms with van der Waals surface area (Å²) in [5, 5.41) is 0.719. The Bertz CT molecular complexity index is 977. The number of rotatable bonds is 7. The first-order chi connectivity index (χ1) is 13.5. The molecule has 148 valence electrons. The molecule has 0 unspecified atom stereocenters. The second kappa shape index (κ2) is 8.48. The molecule has 0 N–H and O–H groups in total. The molecule has 0 atom stereocenters. The quantitative estimate of drug-likeness (QED) is 0.575. The van der Waals surface area contributed by atoms with Crippen LogP contribution >= 0.6 is 11.3 Å². The molecule has 0 bridgehead atoms. The summed E-state index contributed by atoms with van der Waals surface area (Å²) < 4.78 is 16.3. The number of ether oxygens (including phenoxy) is 2. The third-order valence-corrected chi connectivity index (χ3v) is 5.59. The SMILES string of the molecule is CCN(Cc1ccc(OC)c(OC)c1)C(=O)c1sc(-c2ccc(C)o2)nc1C. The van der Waals surface area contributed by atoms with Crippen molar-refractivity contribution in [2.24, 2.45) is 0 Å². The number of nitrogens with zero attached hydrogens (tertiary/aromatic N) is 2. The van der Waals surface area contributed by atoms with Crippen molar-refractivity contribution in [2.45, 2.75) is 27.3 Å². The van der Waals surface area contributed by atoms with Gasteiger partial charge in [0.25, 0.3) is 5.91 Å². The first-order valence-electron chi connectivity index (χ1n) is 9.01. The zero-order valence-corrected chi connectivity index (χ0v) is 17.6. The number of benzene rings is 1. The number of carbonyl (C=O) groups is 1. The lowest BCUT2D eigenvalue weighted by Gasteiger charge is -2.21. The molecule has 1 aromatic carbocycles. The number of aromatic nitrogens is 1. The molecule has 2 heterocycles. The van der Waals surface area contributed by atoms with Gasteiger partial charge in [0, 0.05) is 13.1 Å². The van der Waals surface area contributed by atoms with Gasteiger partial charge in [0.05, 0.1) is 19.9 Å². The van der Waals surface area contributed by atoms with Gasteiger partial charge in [0.1, 0.15) is 10.6 Å². The van der Waals surface area contributed by atoms with E-state index < -0.39 is 0 Å². The highest BCUT2D eigenvalue weighted by Crippen LogP contribution is 2.31. The minimum absolute atomic E-state index is 0.0400. The molecule has 0 aliphatic heterocycles. The second-order valence-electron chi connectivity index (χ2n) is 6.35. The van der Waals surface area contributed by atoms with Crippen LogP contribution in [-0.2, 0) is 6.54 Å². The van der Waals surface area contributed by atoms with E-state index in [4.69, 9.17) is 13.9 Å². The average molecular weight is 401 g/mol. The maximum Gasteiger partial charge on any atom is 0.266 e.